The van der Waals surface area contributed by atoms with Crippen LogP contribution in [0.3, 0.4) is 0 Å². The highest BCUT2D eigenvalue weighted by molar-refractivity contribution is 5.62. The van der Waals surface area contributed by atoms with E-state index in [-0.39, 0.29) is 0 Å². The lowest BCUT2D eigenvalue weighted by Gasteiger charge is -1.96. The second-order valence-electron chi connectivity index (χ2n) is 8.58. The van der Waals surface area contributed by atoms with Gasteiger partial charge in [0, 0.05) is 12.1 Å². The highest BCUT2D eigenvalue weighted by Crippen LogP contribution is 2.23. The molecule has 0 amide bonds. The standard InChI is InChI=1S/C30H22N6/c1-3-11-25(12-4-1)35-27-15-7-9-21-33(27)29(31-35)23-17-19-24(20-18-23)30-32-36(26-13-5-2-6-14-26)28-16-8-10-22-34(28)30/h1-22H/q+2. The Morgan fingerprint density at radius 3 is 1.22 bits per heavy atom. The molecule has 0 fully saturated rings. The molecule has 0 aliphatic rings. The van der Waals surface area contributed by atoms with Crippen LogP contribution in [-0.2, 0) is 0 Å². The molecule has 170 valence electrons. The quantitative estimate of drug-likeness (QED) is 0.348. The molecule has 0 atom stereocenters. The second-order valence-corrected chi connectivity index (χ2v) is 8.58. The fraction of sp³-hybridized carbons (Fsp3) is 0. The Balaban J connectivity index is 1.34. The number of hydrogen-bond donors (Lipinski definition) is 0. The van der Waals surface area contributed by atoms with E-state index in [1.54, 1.807) is 0 Å². The number of benzene rings is 3. The second kappa shape index (κ2) is 8.29. The molecule has 7 rings (SSSR count). The molecule has 0 radical (unpaired) electrons. The van der Waals surface area contributed by atoms with Gasteiger partial charge in [0.2, 0.25) is 0 Å². The van der Waals surface area contributed by atoms with Gasteiger partial charge in [-0.2, -0.15) is 8.80 Å². The molecule has 4 aromatic heterocycles. The summed E-state index contributed by atoms with van der Waals surface area (Å²) in [5.41, 5.74) is 6.13. The molecule has 6 nitrogen and oxygen atoms in total. The first kappa shape index (κ1) is 20.3. The van der Waals surface area contributed by atoms with Crippen molar-refractivity contribution in [2.24, 2.45) is 0 Å². The number of para-hydroxylation sites is 2. The van der Waals surface area contributed by atoms with E-state index >= 15 is 0 Å². The molecule has 0 bridgehead atoms. The first-order valence-corrected chi connectivity index (χ1v) is 11.9. The van der Waals surface area contributed by atoms with Crippen molar-refractivity contribution in [2.45, 2.75) is 0 Å². The van der Waals surface area contributed by atoms with Crippen LogP contribution in [0, 0.1) is 0 Å². The summed E-state index contributed by atoms with van der Waals surface area (Å²) in [5.74, 6) is 1.77. The fourth-order valence-electron chi connectivity index (χ4n) is 4.64. The van der Waals surface area contributed by atoms with Crippen molar-refractivity contribution in [1.82, 2.24) is 19.6 Å². The Morgan fingerprint density at radius 1 is 0.417 bits per heavy atom. The van der Waals surface area contributed by atoms with Gasteiger partial charge in [-0.15, -0.1) is 0 Å². The van der Waals surface area contributed by atoms with Crippen LogP contribution in [0.25, 0.3) is 45.4 Å². The Bertz CT molecular complexity index is 1680. The van der Waals surface area contributed by atoms with Gasteiger partial charge >= 0.3 is 11.6 Å². The van der Waals surface area contributed by atoms with Crippen molar-refractivity contribution in [1.29, 1.82) is 0 Å². The predicted octanol–water partition coefficient (Wildman–Crippen LogP) is 4.87. The third kappa shape index (κ3) is 3.27. The maximum absolute atomic E-state index is 4.98. The fourth-order valence-corrected chi connectivity index (χ4v) is 4.64. The minimum atomic E-state index is 0.883. The van der Waals surface area contributed by atoms with E-state index in [1.807, 2.05) is 70.0 Å². The van der Waals surface area contributed by atoms with Gasteiger partial charge in [0.25, 0.3) is 11.3 Å². The Morgan fingerprint density at radius 2 is 0.806 bits per heavy atom. The molecule has 0 saturated heterocycles. The molecule has 0 unspecified atom stereocenters. The molecule has 3 aromatic carbocycles. The first-order chi connectivity index (χ1) is 17.9. The highest BCUT2D eigenvalue weighted by Gasteiger charge is 2.25. The van der Waals surface area contributed by atoms with Gasteiger partial charge in [-0.3, -0.25) is 0 Å². The van der Waals surface area contributed by atoms with E-state index in [0.717, 1.165) is 45.4 Å². The van der Waals surface area contributed by atoms with Gasteiger partial charge in [0.15, 0.2) is 0 Å². The molecule has 36 heavy (non-hydrogen) atoms. The van der Waals surface area contributed by atoms with Crippen LogP contribution in [0.15, 0.2) is 134 Å². The van der Waals surface area contributed by atoms with Crippen LogP contribution in [0.2, 0.25) is 0 Å². The monoisotopic (exact) mass is 466 g/mol. The number of nitrogens with zero attached hydrogens (tertiary/aromatic N) is 6. The molecule has 0 saturated carbocycles. The zero-order valence-corrected chi connectivity index (χ0v) is 19.4. The van der Waals surface area contributed by atoms with Crippen molar-refractivity contribution in [3.8, 4) is 34.2 Å². The lowest BCUT2D eigenvalue weighted by molar-refractivity contribution is -0.500. The van der Waals surface area contributed by atoms with Crippen molar-refractivity contribution < 1.29 is 8.80 Å². The lowest BCUT2D eigenvalue weighted by atomic mass is 10.1. The Labute approximate surface area is 207 Å². The molecule has 0 aliphatic heterocycles. The summed E-state index contributed by atoms with van der Waals surface area (Å²) in [6.07, 6.45) is 4.10. The van der Waals surface area contributed by atoms with Crippen LogP contribution in [0.5, 0.6) is 0 Å². The van der Waals surface area contributed by atoms with Crippen LogP contribution in [0.4, 0.5) is 0 Å². The lowest BCUT2D eigenvalue weighted by Crippen LogP contribution is -2.22. The van der Waals surface area contributed by atoms with Gasteiger partial charge in [-0.05, 0) is 60.7 Å². The van der Waals surface area contributed by atoms with Crippen LogP contribution >= 0.6 is 0 Å². The number of fused-ring (bicyclic) bond motifs is 2. The van der Waals surface area contributed by atoms with Crippen molar-refractivity contribution in [3.63, 3.8) is 0 Å². The maximum atomic E-state index is 4.98. The summed E-state index contributed by atoms with van der Waals surface area (Å²) in [4.78, 5) is 0. The Hall–Kier alpha value is -5.10. The summed E-state index contributed by atoms with van der Waals surface area (Å²) in [5, 5.41) is 9.96. The zero-order chi connectivity index (χ0) is 23.9. The number of hydrogen-bond acceptors (Lipinski definition) is 2. The Kier molecular flexibility index (Phi) is 4.67. The summed E-state index contributed by atoms with van der Waals surface area (Å²) < 4.78 is 8.20. The molecule has 0 spiro atoms. The van der Waals surface area contributed by atoms with Crippen LogP contribution < -0.4 is 8.80 Å². The van der Waals surface area contributed by atoms with Crippen LogP contribution in [-0.4, -0.2) is 19.6 Å². The van der Waals surface area contributed by atoms with Gasteiger partial charge in [-0.25, -0.2) is 0 Å². The molecular weight excluding hydrogens is 444 g/mol. The van der Waals surface area contributed by atoms with Gasteiger partial charge in [0.1, 0.15) is 11.4 Å². The number of aromatic nitrogens is 6. The zero-order valence-electron chi connectivity index (χ0n) is 19.4. The van der Waals surface area contributed by atoms with E-state index in [2.05, 4.69) is 81.9 Å². The van der Waals surface area contributed by atoms with E-state index < -0.39 is 0 Å². The maximum Gasteiger partial charge on any atom is 0.314 e. The van der Waals surface area contributed by atoms with Gasteiger partial charge in [-0.1, -0.05) is 57.9 Å². The predicted molar refractivity (Wildman–Crippen MR) is 138 cm³/mol. The topological polar surface area (TPSA) is 43.8 Å². The van der Waals surface area contributed by atoms with Crippen molar-refractivity contribution >= 4 is 11.3 Å². The van der Waals surface area contributed by atoms with E-state index in [4.69, 9.17) is 10.2 Å². The van der Waals surface area contributed by atoms with Crippen molar-refractivity contribution in [3.05, 3.63) is 134 Å². The molecule has 0 aliphatic carbocycles. The van der Waals surface area contributed by atoms with Gasteiger partial charge < -0.3 is 0 Å². The van der Waals surface area contributed by atoms with E-state index in [9.17, 15) is 0 Å². The number of rotatable bonds is 4. The van der Waals surface area contributed by atoms with Gasteiger partial charge in [0.05, 0.1) is 33.7 Å². The molecule has 0 N–H and O–H groups in total. The third-order valence-corrected chi connectivity index (χ3v) is 6.36. The number of pyridine rings is 2. The highest BCUT2D eigenvalue weighted by atomic mass is 15.4. The average molecular weight is 467 g/mol. The first-order valence-electron chi connectivity index (χ1n) is 11.9. The molecule has 6 heteroatoms. The van der Waals surface area contributed by atoms with Crippen LogP contribution in [0.1, 0.15) is 0 Å². The minimum absolute atomic E-state index is 0.883. The molecule has 4 heterocycles. The molecule has 7 aromatic rings. The summed E-state index contributed by atoms with van der Waals surface area (Å²) >= 11 is 0. The van der Waals surface area contributed by atoms with E-state index in [1.165, 1.54) is 0 Å². The van der Waals surface area contributed by atoms with E-state index in [0.29, 0.717) is 0 Å². The third-order valence-electron chi connectivity index (χ3n) is 6.36. The smallest absolute Gasteiger partial charge is 0.197 e. The minimum Gasteiger partial charge on any atom is -0.197 e. The summed E-state index contributed by atoms with van der Waals surface area (Å²) in [6.45, 7) is 0. The summed E-state index contributed by atoms with van der Waals surface area (Å²) in [6, 6.07) is 41.2. The normalized spacial score (nSPS) is 11.3. The SMILES string of the molecule is c1ccc(-n2nc(-c3ccc(-c4nn(-c5ccccc5)c5cccc[n+]45)cc3)[n+]3ccccc23)cc1. The van der Waals surface area contributed by atoms with Crippen molar-refractivity contribution in [2.75, 3.05) is 0 Å². The molecular formula is C30H22N6+2. The largest absolute Gasteiger partial charge is 0.314 e. The summed E-state index contributed by atoms with van der Waals surface area (Å²) in [7, 11) is 0. The average Bonchev–Trinajstić information content (AvgIpc) is 3.54.